The van der Waals surface area contributed by atoms with Crippen molar-refractivity contribution in [1.29, 1.82) is 0 Å². The van der Waals surface area contributed by atoms with Crippen LogP contribution in [0.25, 0.3) is 0 Å². The molecule has 0 aliphatic heterocycles. The second-order valence-electron chi connectivity index (χ2n) is 4.04. The van der Waals surface area contributed by atoms with Crippen molar-refractivity contribution < 1.29 is 5.11 Å². The molecule has 84 valence electrons. The number of benzene rings is 1. The van der Waals surface area contributed by atoms with Crippen LogP contribution in [0.2, 0.25) is 0 Å². The molecule has 0 aromatic heterocycles. The SMILES string of the molecule is CC(C)SCC(N)(CO)c1ccccc1. The van der Waals surface area contributed by atoms with Gasteiger partial charge in [0.2, 0.25) is 0 Å². The third-order valence-corrected chi connectivity index (χ3v) is 3.65. The Bertz CT molecular complexity index is 289. The van der Waals surface area contributed by atoms with Crippen LogP contribution in [0.1, 0.15) is 19.4 Å². The van der Waals surface area contributed by atoms with E-state index in [-0.39, 0.29) is 6.61 Å². The molecule has 0 bridgehead atoms. The van der Waals surface area contributed by atoms with Crippen molar-refractivity contribution in [2.75, 3.05) is 12.4 Å². The summed E-state index contributed by atoms with van der Waals surface area (Å²) in [6, 6.07) is 9.80. The zero-order valence-electron chi connectivity index (χ0n) is 9.31. The van der Waals surface area contributed by atoms with Gasteiger partial charge in [0.15, 0.2) is 0 Å². The van der Waals surface area contributed by atoms with Crippen LogP contribution in [0.3, 0.4) is 0 Å². The lowest BCUT2D eigenvalue weighted by Gasteiger charge is -2.28. The average Bonchev–Trinajstić information content (AvgIpc) is 2.27. The van der Waals surface area contributed by atoms with E-state index in [9.17, 15) is 5.11 Å². The number of hydrogen-bond acceptors (Lipinski definition) is 3. The van der Waals surface area contributed by atoms with Gasteiger partial charge in [-0.3, -0.25) is 0 Å². The lowest BCUT2D eigenvalue weighted by atomic mass is 9.94. The molecular weight excluding hydrogens is 206 g/mol. The predicted octanol–water partition coefficient (Wildman–Crippen LogP) is 1.97. The molecule has 3 heteroatoms. The van der Waals surface area contributed by atoms with Crippen LogP contribution in [-0.4, -0.2) is 22.7 Å². The maximum Gasteiger partial charge on any atom is 0.0735 e. The molecule has 1 atom stereocenters. The van der Waals surface area contributed by atoms with Crippen molar-refractivity contribution >= 4 is 11.8 Å². The summed E-state index contributed by atoms with van der Waals surface area (Å²) in [6.45, 7) is 4.25. The summed E-state index contributed by atoms with van der Waals surface area (Å²) in [6.07, 6.45) is 0. The number of nitrogens with two attached hydrogens (primary N) is 1. The van der Waals surface area contributed by atoms with E-state index in [1.807, 2.05) is 30.3 Å². The van der Waals surface area contributed by atoms with E-state index < -0.39 is 5.54 Å². The molecule has 0 heterocycles. The van der Waals surface area contributed by atoms with Gasteiger partial charge in [-0.15, -0.1) is 0 Å². The minimum absolute atomic E-state index is 0.0171. The molecule has 15 heavy (non-hydrogen) atoms. The zero-order valence-corrected chi connectivity index (χ0v) is 10.1. The number of aliphatic hydroxyl groups is 1. The molecule has 1 aromatic carbocycles. The lowest BCUT2D eigenvalue weighted by Crippen LogP contribution is -2.43. The molecule has 0 spiro atoms. The summed E-state index contributed by atoms with van der Waals surface area (Å²) in [5, 5.41) is 9.94. The van der Waals surface area contributed by atoms with Gasteiger partial charge in [-0.1, -0.05) is 44.2 Å². The van der Waals surface area contributed by atoms with Crippen LogP contribution >= 0.6 is 11.8 Å². The Kier molecular flexibility index (Phi) is 4.64. The molecule has 0 saturated carbocycles. The smallest absolute Gasteiger partial charge is 0.0735 e. The summed E-state index contributed by atoms with van der Waals surface area (Å²) >= 11 is 1.77. The number of aliphatic hydroxyl groups excluding tert-OH is 1. The molecular formula is C12H19NOS. The summed E-state index contributed by atoms with van der Waals surface area (Å²) in [4.78, 5) is 0. The molecule has 0 aliphatic rings. The summed E-state index contributed by atoms with van der Waals surface area (Å²) < 4.78 is 0. The Morgan fingerprint density at radius 2 is 1.93 bits per heavy atom. The lowest BCUT2D eigenvalue weighted by molar-refractivity contribution is 0.213. The van der Waals surface area contributed by atoms with E-state index in [0.717, 1.165) is 11.3 Å². The second-order valence-corrected chi connectivity index (χ2v) is 5.60. The van der Waals surface area contributed by atoms with Gasteiger partial charge in [0.05, 0.1) is 12.1 Å². The normalized spacial score (nSPS) is 15.3. The first kappa shape index (κ1) is 12.6. The number of rotatable bonds is 5. The Morgan fingerprint density at radius 1 is 1.33 bits per heavy atom. The van der Waals surface area contributed by atoms with Crippen molar-refractivity contribution in [3.8, 4) is 0 Å². The molecule has 0 radical (unpaired) electrons. The molecule has 3 N–H and O–H groups in total. The highest BCUT2D eigenvalue weighted by molar-refractivity contribution is 7.99. The van der Waals surface area contributed by atoms with Gasteiger partial charge in [0.25, 0.3) is 0 Å². The van der Waals surface area contributed by atoms with Crippen molar-refractivity contribution in [2.24, 2.45) is 5.73 Å². The maximum absolute atomic E-state index is 9.41. The van der Waals surface area contributed by atoms with Crippen molar-refractivity contribution in [3.05, 3.63) is 35.9 Å². The molecule has 0 fully saturated rings. The highest BCUT2D eigenvalue weighted by Crippen LogP contribution is 2.24. The zero-order chi connectivity index (χ0) is 11.3. The average molecular weight is 225 g/mol. The Balaban J connectivity index is 2.76. The first-order valence-corrected chi connectivity index (χ1v) is 6.20. The molecule has 0 amide bonds. The fraction of sp³-hybridized carbons (Fsp3) is 0.500. The van der Waals surface area contributed by atoms with E-state index in [1.54, 1.807) is 11.8 Å². The highest BCUT2D eigenvalue weighted by atomic mass is 32.2. The van der Waals surface area contributed by atoms with Gasteiger partial charge in [-0.25, -0.2) is 0 Å². The van der Waals surface area contributed by atoms with Crippen molar-refractivity contribution in [1.82, 2.24) is 0 Å². The number of hydrogen-bond donors (Lipinski definition) is 2. The second kappa shape index (κ2) is 5.54. The molecule has 1 aromatic rings. The largest absolute Gasteiger partial charge is 0.394 e. The van der Waals surface area contributed by atoms with Crippen molar-refractivity contribution in [2.45, 2.75) is 24.6 Å². The van der Waals surface area contributed by atoms with E-state index >= 15 is 0 Å². The predicted molar refractivity (Wildman–Crippen MR) is 67.0 cm³/mol. The van der Waals surface area contributed by atoms with Crippen LogP contribution in [0.15, 0.2) is 30.3 Å². The topological polar surface area (TPSA) is 46.2 Å². The van der Waals surface area contributed by atoms with Gasteiger partial charge < -0.3 is 10.8 Å². The molecule has 1 unspecified atom stereocenters. The summed E-state index contributed by atoms with van der Waals surface area (Å²) in [5.74, 6) is 0.741. The van der Waals surface area contributed by atoms with Gasteiger partial charge in [-0.2, -0.15) is 11.8 Å². The Hall–Kier alpha value is -0.510. The summed E-state index contributed by atoms with van der Waals surface area (Å²) in [7, 11) is 0. The van der Waals surface area contributed by atoms with Gasteiger partial charge >= 0.3 is 0 Å². The third-order valence-electron chi connectivity index (χ3n) is 2.31. The van der Waals surface area contributed by atoms with Gasteiger partial charge in [0, 0.05) is 5.75 Å². The van der Waals surface area contributed by atoms with Crippen molar-refractivity contribution in [3.63, 3.8) is 0 Å². The van der Waals surface area contributed by atoms with Crippen LogP contribution in [0.5, 0.6) is 0 Å². The number of thioether (sulfide) groups is 1. The van der Waals surface area contributed by atoms with E-state index in [0.29, 0.717) is 5.25 Å². The van der Waals surface area contributed by atoms with E-state index in [1.165, 1.54) is 0 Å². The Morgan fingerprint density at radius 3 is 2.40 bits per heavy atom. The van der Waals surface area contributed by atoms with Crippen LogP contribution in [-0.2, 0) is 5.54 Å². The fourth-order valence-corrected chi connectivity index (χ4v) is 2.19. The maximum atomic E-state index is 9.41. The van der Waals surface area contributed by atoms with Crippen LogP contribution in [0.4, 0.5) is 0 Å². The molecule has 0 aliphatic carbocycles. The highest BCUT2D eigenvalue weighted by Gasteiger charge is 2.26. The quantitative estimate of drug-likeness (QED) is 0.805. The monoisotopic (exact) mass is 225 g/mol. The molecule has 1 rings (SSSR count). The minimum atomic E-state index is -0.615. The van der Waals surface area contributed by atoms with E-state index in [2.05, 4.69) is 13.8 Å². The fourth-order valence-electron chi connectivity index (χ4n) is 1.31. The van der Waals surface area contributed by atoms with Gasteiger partial charge in [0.1, 0.15) is 0 Å². The third kappa shape index (κ3) is 3.52. The molecule has 0 saturated heterocycles. The standard InChI is InChI=1S/C12H19NOS/c1-10(2)15-9-12(13,8-14)11-6-4-3-5-7-11/h3-7,10,14H,8-9,13H2,1-2H3. The van der Waals surface area contributed by atoms with E-state index in [4.69, 9.17) is 5.73 Å². The summed E-state index contributed by atoms with van der Waals surface area (Å²) in [5.41, 5.74) is 6.58. The first-order chi connectivity index (χ1) is 7.08. The first-order valence-electron chi connectivity index (χ1n) is 5.15. The Labute approximate surface area is 95.9 Å². The molecule has 2 nitrogen and oxygen atoms in total. The minimum Gasteiger partial charge on any atom is -0.394 e. The van der Waals surface area contributed by atoms with Crippen LogP contribution < -0.4 is 5.73 Å². The van der Waals surface area contributed by atoms with Gasteiger partial charge in [-0.05, 0) is 10.8 Å². The van der Waals surface area contributed by atoms with Crippen LogP contribution in [0, 0.1) is 0 Å².